The number of hydrogen-bond acceptors (Lipinski definition) is 4. The molecule has 0 aromatic carbocycles. The molecule has 1 aliphatic heterocycles. The number of carbonyl (C=O) groups excluding carboxylic acids is 1. The number of amides is 1. The fourth-order valence-corrected chi connectivity index (χ4v) is 2.60. The summed E-state index contributed by atoms with van der Waals surface area (Å²) < 4.78 is 38.2. The zero-order valence-electron chi connectivity index (χ0n) is 11.2. The van der Waals surface area contributed by atoms with Crippen molar-refractivity contribution < 1.29 is 18.0 Å². The van der Waals surface area contributed by atoms with E-state index in [1.165, 1.54) is 24.5 Å². The zero-order valence-corrected chi connectivity index (χ0v) is 11.9. The van der Waals surface area contributed by atoms with Crippen LogP contribution in [0.3, 0.4) is 0 Å². The number of likely N-dealkylation sites (N-methyl/N-ethyl adjacent to an activating group) is 1. The Morgan fingerprint density at radius 2 is 2.19 bits per heavy atom. The Bertz CT molecular complexity index is 525. The van der Waals surface area contributed by atoms with E-state index in [-0.39, 0.29) is 36.1 Å². The summed E-state index contributed by atoms with van der Waals surface area (Å²) in [5, 5.41) is 2.76. The fourth-order valence-electron chi connectivity index (χ4n) is 2.41. The standard InChI is InChI=1S/C12H14ClF3N4O/c1-20-5-7(2-3-9(20)12(14,15)16)19-11(21)10-8(13)4-17-6-18-10/h4,6-7,9H,2-3,5H2,1H3,(H,19,21). The molecule has 1 aromatic rings. The highest BCUT2D eigenvalue weighted by molar-refractivity contribution is 6.33. The van der Waals surface area contributed by atoms with Gasteiger partial charge in [0, 0.05) is 18.8 Å². The second-order valence-corrected chi connectivity index (χ2v) is 5.37. The van der Waals surface area contributed by atoms with Crippen molar-refractivity contribution in [3.05, 3.63) is 23.2 Å². The van der Waals surface area contributed by atoms with Crippen molar-refractivity contribution in [3.8, 4) is 0 Å². The molecule has 9 heteroatoms. The molecule has 1 N–H and O–H groups in total. The maximum Gasteiger partial charge on any atom is 0.404 e. The number of aromatic nitrogens is 2. The Balaban J connectivity index is 1.97. The summed E-state index contributed by atoms with van der Waals surface area (Å²) in [5.74, 6) is -0.508. The maximum absolute atomic E-state index is 12.7. The molecule has 2 rings (SSSR count). The van der Waals surface area contributed by atoms with Gasteiger partial charge in [-0.05, 0) is 19.9 Å². The highest BCUT2D eigenvalue weighted by Crippen LogP contribution is 2.30. The maximum atomic E-state index is 12.7. The summed E-state index contributed by atoms with van der Waals surface area (Å²) in [4.78, 5) is 20.6. The van der Waals surface area contributed by atoms with Gasteiger partial charge in [0.25, 0.3) is 5.91 Å². The van der Waals surface area contributed by atoms with Crippen LogP contribution in [0.5, 0.6) is 0 Å². The number of nitrogens with one attached hydrogen (secondary N) is 1. The molecule has 2 heterocycles. The summed E-state index contributed by atoms with van der Waals surface area (Å²) in [5.41, 5.74) is 0.0206. The lowest BCUT2D eigenvalue weighted by atomic mass is 9.98. The van der Waals surface area contributed by atoms with Crippen LogP contribution < -0.4 is 5.32 Å². The van der Waals surface area contributed by atoms with Crippen molar-refractivity contribution >= 4 is 17.5 Å². The lowest BCUT2D eigenvalue weighted by Crippen LogP contribution is -2.54. The molecule has 1 aliphatic rings. The van der Waals surface area contributed by atoms with Gasteiger partial charge in [-0.1, -0.05) is 11.6 Å². The molecule has 0 bridgehead atoms. The van der Waals surface area contributed by atoms with Crippen molar-refractivity contribution in [2.75, 3.05) is 13.6 Å². The van der Waals surface area contributed by atoms with Crippen LogP contribution in [0.4, 0.5) is 13.2 Å². The molecule has 0 spiro atoms. The first-order chi connectivity index (χ1) is 9.79. The van der Waals surface area contributed by atoms with E-state index in [9.17, 15) is 18.0 Å². The normalized spacial score (nSPS) is 23.9. The number of alkyl halides is 3. The molecule has 2 atom stereocenters. The van der Waals surface area contributed by atoms with Crippen molar-refractivity contribution in [2.24, 2.45) is 0 Å². The molecular weight excluding hydrogens is 309 g/mol. The Morgan fingerprint density at radius 1 is 1.48 bits per heavy atom. The molecule has 0 radical (unpaired) electrons. The largest absolute Gasteiger partial charge is 0.404 e. The van der Waals surface area contributed by atoms with Crippen LogP contribution in [0.1, 0.15) is 23.3 Å². The molecule has 1 aromatic heterocycles. The molecule has 116 valence electrons. The van der Waals surface area contributed by atoms with Gasteiger partial charge in [0.05, 0.1) is 5.02 Å². The van der Waals surface area contributed by atoms with Gasteiger partial charge in [-0.15, -0.1) is 0 Å². The van der Waals surface area contributed by atoms with E-state index in [2.05, 4.69) is 15.3 Å². The highest BCUT2D eigenvalue weighted by atomic mass is 35.5. The monoisotopic (exact) mass is 322 g/mol. The first-order valence-electron chi connectivity index (χ1n) is 6.32. The average Bonchev–Trinajstić information content (AvgIpc) is 2.37. The first-order valence-corrected chi connectivity index (χ1v) is 6.70. The van der Waals surface area contributed by atoms with Gasteiger partial charge >= 0.3 is 6.18 Å². The highest BCUT2D eigenvalue weighted by Gasteiger charge is 2.44. The van der Waals surface area contributed by atoms with Gasteiger partial charge in [0.2, 0.25) is 0 Å². The molecule has 1 saturated heterocycles. The number of rotatable bonds is 2. The lowest BCUT2D eigenvalue weighted by molar-refractivity contribution is -0.188. The molecule has 0 saturated carbocycles. The average molecular weight is 323 g/mol. The van der Waals surface area contributed by atoms with Crippen molar-refractivity contribution in [3.63, 3.8) is 0 Å². The summed E-state index contributed by atoms with van der Waals surface area (Å²) in [6.07, 6.45) is -1.57. The van der Waals surface area contributed by atoms with Crippen LogP contribution in [-0.2, 0) is 0 Å². The third-order valence-corrected chi connectivity index (χ3v) is 3.70. The van der Waals surface area contributed by atoms with Crippen LogP contribution in [-0.4, -0.2) is 52.6 Å². The lowest BCUT2D eigenvalue weighted by Gasteiger charge is -2.38. The quantitative estimate of drug-likeness (QED) is 0.903. The molecular formula is C12H14ClF3N4O. The Morgan fingerprint density at radius 3 is 2.76 bits per heavy atom. The molecule has 2 unspecified atom stereocenters. The zero-order chi connectivity index (χ0) is 15.6. The van der Waals surface area contributed by atoms with Gasteiger partial charge < -0.3 is 5.32 Å². The number of carbonyl (C=O) groups is 1. The number of hydrogen-bond donors (Lipinski definition) is 1. The summed E-state index contributed by atoms with van der Waals surface area (Å²) >= 11 is 5.80. The molecule has 5 nitrogen and oxygen atoms in total. The molecule has 0 aliphatic carbocycles. The van der Waals surface area contributed by atoms with Gasteiger partial charge in [0.15, 0.2) is 0 Å². The SMILES string of the molecule is CN1CC(NC(=O)c2ncncc2Cl)CCC1C(F)(F)F. The number of piperidine rings is 1. The molecule has 1 fully saturated rings. The van der Waals surface area contributed by atoms with Gasteiger partial charge in [-0.25, -0.2) is 9.97 Å². The van der Waals surface area contributed by atoms with E-state index < -0.39 is 18.1 Å². The fraction of sp³-hybridized carbons (Fsp3) is 0.583. The van der Waals surface area contributed by atoms with E-state index in [1.807, 2.05) is 0 Å². The van der Waals surface area contributed by atoms with E-state index in [0.29, 0.717) is 0 Å². The number of nitrogens with zero attached hydrogens (tertiary/aromatic N) is 3. The van der Waals surface area contributed by atoms with Crippen LogP contribution in [0.15, 0.2) is 12.5 Å². The minimum absolute atomic E-state index is 0.0206. The number of likely N-dealkylation sites (tertiary alicyclic amines) is 1. The minimum atomic E-state index is -4.25. The van der Waals surface area contributed by atoms with Gasteiger partial charge in [0.1, 0.15) is 18.1 Å². The van der Waals surface area contributed by atoms with E-state index in [4.69, 9.17) is 11.6 Å². The Kier molecular flexibility index (Phi) is 4.67. The summed E-state index contributed by atoms with van der Waals surface area (Å²) in [6.45, 7) is 0.124. The van der Waals surface area contributed by atoms with E-state index >= 15 is 0 Å². The Labute approximate surface area is 124 Å². The predicted molar refractivity (Wildman–Crippen MR) is 70.0 cm³/mol. The van der Waals surface area contributed by atoms with Crippen LogP contribution in [0.25, 0.3) is 0 Å². The Hall–Kier alpha value is -1.41. The van der Waals surface area contributed by atoms with Crippen molar-refractivity contribution in [2.45, 2.75) is 31.1 Å². The van der Waals surface area contributed by atoms with E-state index in [1.54, 1.807) is 0 Å². The van der Waals surface area contributed by atoms with Crippen molar-refractivity contribution in [1.82, 2.24) is 20.2 Å². The smallest absolute Gasteiger partial charge is 0.347 e. The van der Waals surface area contributed by atoms with E-state index in [0.717, 1.165) is 0 Å². The second-order valence-electron chi connectivity index (χ2n) is 4.96. The van der Waals surface area contributed by atoms with Crippen LogP contribution in [0, 0.1) is 0 Å². The van der Waals surface area contributed by atoms with Gasteiger partial charge in [-0.2, -0.15) is 13.2 Å². The van der Waals surface area contributed by atoms with Crippen molar-refractivity contribution in [1.29, 1.82) is 0 Å². The number of halogens is 4. The van der Waals surface area contributed by atoms with Crippen LogP contribution in [0.2, 0.25) is 5.02 Å². The third-order valence-electron chi connectivity index (χ3n) is 3.42. The molecule has 1 amide bonds. The first kappa shape index (κ1) is 16.0. The predicted octanol–water partition coefficient (Wildman–Crippen LogP) is 1.88. The second kappa shape index (κ2) is 6.15. The van der Waals surface area contributed by atoms with Crippen LogP contribution >= 0.6 is 11.6 Å². The third kappa shape index (κ3) is 3.82. The summed E-state index contributed by atoms with van der Waals surface area (Å²) in [7, 11) is 1.40. The van der Waals surface area contributed by atoms with Gasteiger partial charge in [-0.3, -0.25) is 9.69 Å². The molecule has 21 heavy (non-hydrogen) atoms. The topological polar surface area (TPSA) is 58.1 Å². The minimum Gasteiger partial charge on any atom is -0.347 e. The summed E-state index contributed by atoms with van der Waals surface area (Å²) in [6, 6.07) is -1.83.